The van der Waals surface area contributed by atoms with E-state index in [1.807, 2.05) is 0 Å². The highest BCUT2D eigenvalue weighted by Gasteiger charge is 2.52. The first kappa shape index (κ1) is 29.7. The molecule has 1 heterocycles. The summed E-state index contributed by atoms with van der Waals surface area (Å²) in [5.41, 5.74) is 11.5. The molecule has 2 aliphatic rings. The van der Waals surface area contributed by atoms with Crippen LogP contribution in [0.3, 0.4) is 0 Å². The minimum absolute atomic E-state index is 0.0285. The van der Waals surface area contributed by atoms with Gasteiger partial charge in [-0.05, 0) is 102 Å². The van der Waals surface area contributed by atoms with Gasteiger partial charge in [-0.2, -0.15) is 0 Å². The lowest BCUT2D eigenvalue weighted by atomic mass is 9.75. The molecule has 6 aromatic rings. The van der Waals surface area contributed by atoms with Gasteiger partial charge in [-0.1, -0.05) is 117 Å². The van der Waals surface area contributed by atoms with Gasteiger partial charge < -0.3 is 14.2 Å². The highest BCUT2D eigenvalue weighted by atomic mass is 16.7. The zero-order chi connectivity index (χ0) is 32.6. The molecule has 0 amide bonds. The molecule has 0 saturated carbocycles. The Hall–Kier alpha value is -4.64. The number of fused-ring (bicyclic) bond motifs is 4. The molecule has 8 rings (SSSR count). The molecule has 47 heavy (non-hydrogen) atoms. The van der Waals surface area contributed by atoms with Crippen molar-refractivity contribution >= 4 is 40.4 Å². The summed E-state index contributed by atoms with van der Waals surface area (Å²) in [6.07, 6.45) is 0. The van der Waals surface area contributed by atoms with E-state index in [1.54, 1.807) is 0 Å². The molecule has 0 radical (unpaired) electrons. The minimum Gasteiger partial charge on any atom is -0.399 e. The molecule has 1 fully saturated rings. The van der Waals surface area contributed by atoms with Crippen LogP contribution >= 0.6 is 0 Å². The second-order valence-electron chi connectivity index (χ2n) is 14.4. The van der Waals surface area contributed by atoms with Crippen LogP contribution < -0.4 is 10.4 Å². The number of nitrogens with zero attached hydrogens (tertiary/aromatic N) is 1. The van der Waals surface area contributed by atoms with Crippen molar-refractivity contribution in [3.8, 4) is 22.3 Å². The second-order valence-corrected chi connectivity index (χ2v) is 14.4. The highest BCUT2D eigenvalue weighted by Crippen LogP contribution is 2.52. The van der Waals surface area contributed by atoms with E-state index in [4.69, 9.17) is 9.31 Å². The number of rotatable bonds is 5. The first-order valence-corrected chi connectivity index (χ1v) is 16.6. The monoisotopic (exact) mass is 613 g/mol. The largest absolute Gasteiger partial charge is 0.495 e. The number of hydrogen-bond donors (Lipinski definition) is 0. The molecule has 1 aliphatic carbocycles. The minimum atomic E-state index is -0.439. The summed E-state index contributed by atoms with van der Waals surface area (Å²) in [4.78, 5) is 2.36. The molecule has 0 bridgehead atoms. The van der Waals surface area contributed by atoms with Gasteiger partial charge >= 0.3 is 7.12 Å². The Bertz CT molecular complexity index is 2120. The molecule has 0 aromatic heterocycles. The van der Waals surface area contributed by atoms with E-state index in [0.717, 1.165) is 33.3 Å². The Labute approximate surface area is 278 Å². The summed E-state index contributed by atoms with van der Waals surface area (Å²) in [6, 6.07) is 48.3. The maximum atomic E-state index is 6.51. The lowest BCUT2D eigenvalue weighted by Gasteiger charge is -2.32. The molecule has 1 saturated heterocycles. The Morgan fingerprint density at radius 3 is 1.79 bits per heavy atom. The molecule has 0 N–H and O–H groups in total. The standard InChI is InChI=1S/C43H40BNO2/c1-41(2)36-21-13-12-19-35(36)40-32(20-14-22-37(40)41)29-23-25-31(26-24-29)45(30-15-8-7-9-16-30)39-28-27-38(33-17-10-11-18-34(33)39)44-46-42(3,4)43(5,6)47-44/h7-28H,1-6H3. The van der Waals surface area contributed by atoms with Gasteiger partial charge in [0, 0.05) is 22.2 Å². The van der Waals surface area contributed by atoms with Crippen LogP contribution in [-0.2, 0) is 14.7 Å². The number of benzene rings is 6. The van der Waals surface area contributed by atoms with Gasteiger partial charge in [-0.25, -0.2) is 0 Å². The smallest absolute Gasteiger partial charge is 0.399 e. The third-order valence-electron chi connectivity index (χ3n) is 10.7. The number of anilines is 3. The first-order valence-electron chi connectivity index (χ1n) is 16.6. The van der Waals surface area contributed by atoms with Crippen LogP contribution in [0.2, 0.25) is 0 Å². The van der Waals surface area contributed by atoms with E-state index in [-0.39, 0.29) is 5.41 Å². The summed E-state index contributed by atoms with van der Waals surface area (Å²) in [6.45, 7) is 13.1. The van der Waals surface area contributed by atoms with Crippen LogP contribution in [0.1, 0.15) is 52.7 Å². The predicted molar refractivity (Wildman–Crippen MR) is 197 cm³/mol. The van der Waals surface area contributed by atoms with Crippen molar-refractivity contribution in [3.63, 3.8) is 0 Å². The highest BCUT2D eigenvalue weighted by molar-refractivity contribution is 6.65. The number of hydrogen-bond acceptors (Lipinski definition) is 3. The van der Waals surface area contributed by atoms with E-state index in [0.29, 0.717) is 0 Å². The SMILES string of the molecule is CC1(C)c2ccccc2-c2c(-c3ccc(N(c4ccccc4)c4ccc(B5OC(C)(C)C(C)(C)O5)c5ccccc45)cc3)cccc21. The van der Waals surface area contributed by atoms with E-state index in [9.17, 15) is 0 Å². The van der Waals surface area contributed by atoms with Gasteiger partial charge in [-0.3, -0.25) is 0 Å². The second kappa shape index (κ2) is 10.7. The lowest BCUT2D eigenvalue weighted by Crippen LogP contribution is -2.41. The quantitative estimate of drug-likeness (QED) is 0.181. The van der Waals surface area contributed by atoms with Gasteiger partial charge in [-0.15, -0.1) is 0 Å². The molecular formula is C43H40BNO2. The van der Waals surface area contributed by atoms with Crippen molar-refractivity contribution in [2.45, 2.75) is 58.2 Å². The Morgan fingerprint density at radius 1 is 0.489 bits per heavy atom. The van der Waals surface area contributed by atoms with Crippen molar-refractivity contribution in [2.24, 2.45) is 0 Å². The van der Waals surface area contributed by atoms with E-state index >= 15 is 0 Å². The third kappa shape index (κ3) is 4.65. The fraction of sp³-hybridized carbons (Fsp3) is 0.209. The Morgan fingerprint density at radius 2 is 1.06 bits per heavy atom. The topological polar surface area (TPSA) is 21.7 Å². The summed E-state index contributed by atoms with van der Waals surface area (Å²) in [5.74, 6) is 0. The maximum absolute atomic E-state index is 6.51. The molecule has 6 aromatic carbocycles. The molecular weight excluding hydrogens is 573 g/mol. The zero-order valence-electron chi connectivity index (χ0n) is 28.0. The molecule has 0 unspecified atom stereocenters. The Balaban J connectivity index is 1.24. The molecule has 3 nitrogen and oxygen atoms in total. The lowest BCUT2D eigenvalue weighted by molar-refractivity contribution is 0.00578. The van der Waals surface area contributed by atoms with Gasteiger partial charge in [0.05, 0.1) is 16.9 Å². The average Bonchev–Trinajstić information content (AvgIpc) is 3.45. The van der Waals surface area contributed by atoms with Crippen LogP contribution in [0.5, 0.6) is 0 Å². The van der Waals surface area contributed by atoms with Crippen LogP contribution in [0.4, 0.5) is 17.1 Å². The van der Waals surface area contributed by atoms with Crippen molar-refractivity contribution in [3.05, 3.63) is 145 Å². The molecule has 0 spiro atoms. The predicted octanol–water partition coefficient (Wildman–Crippen LogP) is 10.6. The third-order valence-corrected chi connectivity index (χ3v) is 10.7. The fourth-order valence-corrected chi connectivity index (χ4v) is 7.47. The summed E-state index contributed by atoms with van der Waals surface area (Å²) < 4.78 is 13.0. The molecule has 232 valence electrons. The normalized spacial score (nSPS) is 17.0. The van der Waals surface area contributed by atoms with Gasteiger partial charge in [0.25, 0.3) is 0 Å². The first-order chi connectivity index (χ1) is 22.6. The van der Waals surface area contributed by atoms with Crippen molar-refractivity contribution < 1.29 is 9.31 Å². The average molecular weight is 614 g/mol. The molecule has 4 heteroatoms. The van der Waals surface area contributed by atoms with Crippen LogP contribution in [0.25, 0.3) is 33.0 Å². The van der Waals surface area contributed by atoms with Gasteiger partial charge in [0.1, 0.15) is 0 Å². The maximum Gasteiger partial charge on any atom is 0.495 e. The van der Waals surface area contributed by atoms with Gasteiger partial charge in [0.15, 0.2) is 0 Å². The van der Waals surface area contributed by atoms with Crippen LogP contribution in [0, 0.1) is 0 Å². The summed E-state index contributed by atoms with van der Waals surface area (Å²) in [7, 11) is -0.439. The van der Waals surface area contributed by atoms with E-state index in [2.05, 4.69) is 180 Å². The summed E-state index contributed by atoms with van der Waals surface area (Å²) >= 11 is 0. The summed E-state index contributed by atoms with van der Waals surface area (Å²) in [5, 5.41) is 2.27. The fourth-order valence-electron chi connectivity index (χ4n) is 7.47. The van der Waals surface area contributed by atoms with Crippen LogP contribution in [0.15, 0.2) is 133 Å². The van der Waals surface area contributed by atoms with Crippen molar-refractivity contribution in [1.29, 1.82) is 0 Å². The van der Waals surface area contributed by atoms with Gasteiger partial charge in [0.2, 0.25) is 0 Å². The van der Waals surface area contributed by atoms with Crippen molar-refractivity contribution in [2.75, 3.05) is 4.90 Å². The van der Waals surface area contributed by atoms with E-state index < -0.39 is 18.3 Å². The Kier molecular flexibility index (Phi) is 6.77. The number of para-hydroxylation sites is 1. The van der Waals surface area contributed by atoms with E-state index in [1.165, 1.54) is 33.4 Å². The zero-order valence-corrected chi connectivity index (χ0v) is 28.0. The van der Waals surface area contributed by atoms with Crippen LogP contribution in [-0.4, -0.2) is 18.3 Å². The molecule has 1 aliphatic heterocycles. The molecule has 0 atom stereocenters. The van der Waals surface area contributed by atoms with Crippen molar-refractivity contribution in [1.82, 2.24) is 0 Å².